The Hall–Kier alpha value is -0.660. The molecule has 0 aromatic heterocycles. The predicted octanol–water partition coefficient (Wildman–Crippen LogP) is 1.51. The molecule has 0 fully saturated rings. The number of anilines is 1. The van der Waals surface area contributed by atoms with Crippen molar-refractivity contribution in [2.24, 2.45) is 5.73 Å². The molecule has 0 aliphatic rings. The molecular formula is C11H15IN2O2. The Balaban J connectivity index is 2.66. The zero-order valence-corrected chi connectivity index (χ0v) is 11.4. The lowest BCUT2D eigenvalue weighted by molar-refractivity contribution is -0.118. The van der Waals surface area contributed by atoms with Gasteiger partial charge in [0.1, 0.15) is 6.04 Å². The molecule has 1 atom stereocenters. The normalized spacial score (nSPS) is 12.2. The number of hydrogen-bond donors (Lipinski definition) is 2. The fraction of sp³-hybridized carbons (Fsp3) is 0.364. The van der Waals surface area contributed by atoms with Crippen LogP contribution in [0.5, 0.6) is 0 Å². The van der Waals surface area contributed by atoms with Gasteiger partial charge in [0, 0.05) is 16.4 Å². The summed E-state index contributed by atoms with van der Waals surface area (Å²) in [6.45, 7) is 2.23. The van der Waals surface area contributed by atoms with Crippen LogP contribution in [0.4, 0.5) is 5.69 Å². The maximum absolute atomic E-state index is 11.6. The largest absolute Gasteiger partial charge is 0.383 e. The molecule has 3 N–H and O–H groups in total. The van der Waals surface area contributed by atoms with Crippen LogP contribution in [-0.2, 0) is 9.53 Å². The molecule has 0 bridgehead atoms. The quantitative estimate of drug-likeness (QED) is 0.821. The van der Waals surface area contributed by atoms with Gasteiger partial charge >= 0.3 is 0 Å². The van der Waals surface area contributed by atoms with E-state index in [2.05, 4.69) is 27.9 Å². The van der Waals surface area contributed by atoms with E-state index in [4.69, 9.17) is 10.5 Å². The van der Waals surface area contributed by atoms with Crippen LogP contribution in [0.2, 0.25) is 0 Å². The van der Waals surface area contributed by atoms with Crippen molar-refractivity contribution in [1.82, 2.24) is 0 Å². The first-order valence-corrected chi connectivity index (χ1v) is 5.94. The van der Waals surface area contributed by atoms with Crippen LogP contribution in [0.1, 0.15) is 5.56 Å². The highest BCUT2D eigenvalue weighted by Gasteiger charge is 2.13. The van der Waals surface area contributed by atoms with Crippen LogP contribution in [0.3, 0.4) is 0 Å². The summed E-state index contributed by atoms with van der Waals surface area (Å²) in [6.07, 6.45) is 0. The molecule has 1 amide bonds. The minimum Gasteiger partial charge on any atom is -0.383 e. The third-order valence-electron chi connectivity index (χ3n) is 2.12. The molecule has 0 radical (unpaired) electrons. The standard InChI is InChI=1S/C11H15IN2O2/c1-7-3-4-8(5-9(7)12)14-11(15)10(13)6-16-2/h3-5,10H,6,13H2,1-2H3,(H,14,15). The molecule has 0 saturated heterocycles. The van der Waals surface area contributed by atoms with Crippen LogP contribution in [0.25, 0.3) is 0 Å². The second-order valence-electron chi connectivity index (χ2n) is 3.52. The van der Waals surface area contributed by atoms with Crippen LogP contribution < -0.4 is 11.1 Å². The summed E-state index contributed by atoms with van der Waals surface area (Å²) in [5.74, 6) is -0.235. The van der Waals surface area contributed by atoms with Crippen molar-refractivity contribution in [1.29, 1.82) is 0 Å². The van der Waals surface area contributed by atoms with Gasteiger partial charge in [-0.1, -0.05) is 6.07 Å². The lowest BCUT2D eigenvalue weighted by Crippen LogP contribution is -2.39. The SMILES string of the molecule is COCC(N)C(=O)Nc1ccc(C)c(I)c1. The van der Waals surface area contributed by atoms with Gasteiger partial charge in [0.15, 0.2) is 0 Å². The van der Waals surface area contributed by atoms with Gasteiger partial charge in [0.25, 0.3) is 0 Å². The summed E-state index contributed by atoms with van der Waals surface area (Å²) in [7, 11) is 1.52. The molecule has 1 rings (SSSR count). The molecule has 0 saturated carbocycles. The topological polar surface area (TPSA) is 64.3 Å². The maximum Gasteiger partial charge on any atom is 0.243 e. The number of halogens is 1. The number of carbonyl (C=O) groups is 1. The van der Waals surface area contributed by atoms with E-state index >= 15 is 0 Å². The lowest BCUT2D eigenvalue weighted by Gasteiger charge is -2.11. The Morgan fingerprint density at radius 2 is 2.31 bits per heavy atom. The fourth-order valence-electron chi connectivity index (χ4n) is 1.16. The van der Waals surface area contributed by atoms with Crippen LogP contribution in [-0.4, -0.2) is 25.7 Å². The van der Waals surface area contributed by atoms with Gasteiger partial charge in [-0.25, -0.2) is 0 Å². The summed E-state index contributed by atoms with van der Waals surface area (Å²) in [5, 5.41) is 2.75. The molecule has 1 aromatic rings. The highest BCUT2D eigenvalue weighted by molar-refractivity contribution is 14.1. The minimum absolute atomic E-state index is 0.217. The summed E-state index contributed by atoms with van der Waals surface area (Å²) >= 11 is 2.22. The van der Waals surface area contributed by atoms with E-state index < -0.39 is 6.04 Å². The Labute approximate surface area is 109 Å². The fourth-order valence-corrected chi connectivity index (χ4v) is 1.68. The van der Waals surface area contributed by atoms with E-state index in [1.165, 1.54) is 12.7 Å². The smallest absolute Gasteiger partial charge is 0.243 e. The third kappa shape index (κ3) is 3.73. The summed E-state index contributed by atoms with van der Waals surface area (Å²) in [4.78, 5) is 11.6. The number of ether oxygens (including phenoxy) is 1. The van der Waals surface area contributed by atoms with Crippen molar-refractivity contribution in [3.8, 4) is 0 Å². The van der Waals surface area contributed by atoms with Gasteiger partial charge in [-0.15, -0.1) is 0 Å². The number of nitrogens with two attached hydrogens (primary N) is 1. The average Bonchev–Trinajstić information content (AvgIpc) is 2.24. The monoisotopic (exact) mass is 334 g/mol. The zero-order valence-electron chi connectivity index (χ0n) is 9.29. The highest BCUT2D eigenvalue weighted by atomic mass is 127. The van der Waals surface area contributed by atoms with Crippen molar-refractivity contribution >= 4 is 34.2 Å². The van der Waals surface area contributed by atoms with Crippen LogP contribution in [0.15, 0.2) is 18.2 Å². The van der Waals surface area contributed by atoms with Crippen molar-refractivity contribution in [2.45, 2.75) is 13.0 Å². The molecule has 16 heavy (non-hydrogen) atoms. The average molecular weight is 334 g/mol. The first-order chi connectivity index (χ1) is 7.54. The van der Waals surface area contributed by atoms with E-state index in [-0.39, 0.29) is 12.5 Å². The van der Waals surface area contributed by atoms with Gasteiger partial charge < -0.3 is 15.8 Å². The van der Waals surface area contributed by atoms with Gasteiger partial charge in [-0.2, -0.15) is 0 Å². The van der Waals surface area contributed by atoms with Gasteiger partial charge in [-0.05, 0) is 47.2 Å². The molecule has 0 aliphatic carbocycles. The minimum atomic E-state index is -0.635. The highest BCUT2D eigenvalue weighted by Crippen LogP contribution is 2.17. The maximum atomic E-state index is 11.6. The second-order valence-corrected chi connectivity index (χ2v) is 4.68. The Kier molecular flexibility index (Phi) is 5.17. The molecule has 0 aliphatic heterocycles. The van der Waals surface area contributed by atoms with E-state index in [1.54, 1.807) is 0 Å². The van der Waals surface area contributed by atoms with E-state index in [0.29, 0.717) is 0 Å². The lowest BCUT2D eigenvalue weighted by atomic mass is 10.2. The predicted molar refractivity (Wildman–Crippen MR) is 72.4 cm³/mol. The van der Waals surface area contributed by atoms with E-state index in [9.17, 15) is 4.79 Å². The van der Waals surface area contributed by atoms with Crippen molar-refractivity contribution in [2.75, 3.05) is 19.0 Å². The number of hydrogen-bond acceptors (Lipinski definition) is 3. The van der Waals surface area contributed by atoms with E-state index in [1.807, 2.05) is 25.1 Å². The first-order valence-electron chi connectivity index (χ1n) is 4.86. The summed E-state index contributed by atoms with van der Waals surface area (Å²) in [6, 6.07) is 5.09. The van der Waals surface area contributed by atoms with Crippen molar-refractivity contribution in [3.05, 3.63) is 27.3 Å². The second kappa shape index (κ2) is 6.17. The van der Waals surface area contributed by atoms with Crippen LogP contribution >= 0.6 is 22.6 Å². The number of methoxy groups -OCH3 is 1. The number of carbonyl (C=O) groups excluding carboxylic acids is 1. The molecule has 5 heteroatoms. The molecular weight excluding hydrogens is 319 g/mol. The van der Waals surface area contributed by atoms with Crippen molar-refractivity contribution in [3.63, 3.8) is 0 Å². The van der Waals surface area contributed by atoms with Crippen molar-refractivity contribution < 1.29 is 9.53 Å². The Morgan fingerprint density at radius 3 is 2.88 bits per heavy atom. The molecule has 1 unspecified atom stereocenters. The third-order valence-corrected chi connectivity index (χ3v) is 3.28. The Bertz CT molecular complexity index is 382. The van der Waals surface area contributed by atoms with Gasteiger partial charge in [0.05, 0.1) is 6.61 Å². The zero-order chi connectivity index (χ0) is 12.1. The number of rotatable bonds is 4. The summed E-state index contributed by atoms with van der Waals surface area (Å²) < 4.78 is 5.93. The number of amides is 1. The number of aryl methyl sites for hydroxylation is 1. The molecule has 1 aromatic carbocycles. The molecule has 4 nitrogen and oxygen atoms in total. The molecule has 88 valence electrons. The Morgan fingerprint density at radius 1 is 1.62 bits per heavy atom. The molecule has 0 heterocycles. The van der Waals surface area contributed by atoms with Gasteiger partial charge in [-0.3, -0.25) is 4.79 Å². The van der Waals surface area contributed by atoms with Crippen LogP contribution in [0, 0.1) is 10.5 Å². The first kappa shape index (κ1) is 13.4. The number of benzene rings is 1. The van der Waals surface area contributed by atoms with Gasteiger partial charge in [0.2, 0.25) is 5.91 Å². The summed E-state index contributed by atoms with van der Waals surface area (Å²) in [5.41, 5.74) is 7.54. The number of nitrogens with one attached hydrogen (secondary N) is 1. The molecule has 0 spiro atoms. The van der Waals surface area contributed by atoms with E-state index in [0.717, 1.165) is 9.26 Å².